The maximum Gasteiger partial charge on any atom is 0.295 e. The molecule has 4 rings (SSSR count). The van der Waals surface area contributed by atoms with Gasteiger partial charge in [-0.25, -0.2) is 0 Å². The van der Waals surface area contributed by atoms with Gasteiger partial charge in [0.25, 0.3) is 11.7 Å². The average Bonchev–Trinajstić information content (AvgIpc) is 3.18. The molecule has 1 N–H and O–H groups in total. The van der Waals surface area contributed by atoms with Crippen LogP contribution in [0.4, 0.5) is 0 Å². The molecule has 0 spiro atoms. The first-order chi connectivity index (χ1) is 18.8. The zero-order valence-corrected chi connectivity index (χ0v) is 23.1. The molecule has 0 bridgehead atoms. The number of ether oxygens (including phenoxy) is 3. The molecule has 1 amide bonds. The molecule has 3 aromatic rings. The molecule has 0 radical (unpaired) electrons. The highest BCUT2D eigenvalue weighted by Crippen LogP contribution is 2.42. The summed E-state index contributed by atoms with van der Waals surface area (Å²) in [6.07, 6.45) is 0. The molecule has 1 aliphatic heterocycles. The van der Waals surface area contributed by atoms with E-state index in [1.54, 1.807) is 25.3 Å². The standard InChI is InChI=1S/C32H35NO6/c1-6-38-25-16-17-26(27(18-25)39-7-2)30(34)28-29(23-12-10-22(11-13-23)20(3)4)33(32(36)31(28)35)19-21-8-14-24(37-5)15-9-21/h8-18,20,29,34H,6-7,19H2,1-5H3/b30-28-. The van der Waals surface area contributed by atoms with E-state index in [0.717, 1.165) is 16.7 Å². The van der Waals surface area contributed by atoms with E-state index in [0.29, 0.717) is 41.9 Å². The van der Waals surface area contributed by atoms with Gasteiger partial charge in [0, 0.05) is 12.6 Å². The number of aliphatic hydroxyl groups excluding tert-OH is 1. The van der Waals surface area contributed by atoms with Crippen LogP contribution in [0.1, 0.15) is 61.9 Å². The Morgan fingerprint density at radius 3 is 2.13 bits per heavy atom. The fourth-order valence-corrected chi connectivity index (χ4v) is 4.76. The number of Topliss-reactive ketones (excluding diaryl/α,β-unsaturated/α-hetero) is 1. The van der Waals surface area contributed by atoms with Crippen LogP contribution >= 0.6 is 0 Å². The molecule has 39 heavy (non-hydrogen) atoms. The number of hydrogen-bond donors (Lipinski definition) is 1. The molecule has 0 saturated carbocycles. The third kappa shape index (κ3) is 5.77. The summed E-state index contributed by atoms with van der Waals surface area (Å²) in [5.74, 6) is 0.275. The summed E-state index contributed by atoms with van der Waals surface area (Å²) in [6.45, 7) is 8.92. The van der Waals surface area contributed by atoms with Crippen molar-refractivity contribution in [2.75, 3.05) is 20.3 Å². The lowest BCUT2D eigenvalue weighted by atomic mass is 9.93. The second-order valence-corrected chi connectivity index (χ2v) is 9.62. The minimum absolute atomic E-state index is 0.0240. The zero-order valence-electron chi connectivity index (χ0n) is 23.1. The van der Waals surface area contributed by atoms with Crippen LogP contribution in [0.2, 0.25) is 0 Å². The van der Waals surface area contributed by atoms with Gasteiger partial charge in [0.05, 0.1) is 37.5 Å². The number of hydrogen-bond acceptors (Lipinski definition) is 6. The molecule has 7 nitrogen and oxygen atoms in total. The van der Waals surface area contributed by atoms with Crippen molar-refractivity contribution >= 4 is 17.4 Å². The molecule has 1 fully saturated rings. The fourth-order valence-electron chi connectivity index (χ4n) is 4.76. The first kappa shape index (κ1) is 27.8. The van der Waals surface area contributed by atoms with E-state index in [1.165, 1.54) is 4.90 Å². The van der Waals surface area contributed by atoms with Gasteiger partial charge in [-0.15, -0.1) is 0 Å². The Morgan fingerprint density at radius 1 is 0.897 bits per heavy atom. The van der Waals surface area contributed by atoms with Gasteiger partial charge >= 0.3 is 0 Å². The summed E-state index contributed by atoms with van der Waals surface area (Å²) in [5, 5.41) is 11.6. The van der Waals surface area contributed by atoms with Crippen LogP contribution in [0.15, 0.2) is 72.3 Å². The molecule has 204 valence electrons. The second kappa shape index (κ2) is 12.1. The smallest absolute Gasteiger partial charge is 0.295 e. The number of rotatable bonds is 10. The third-order valence-corrected chi connectivity index (χ3v) is 6.79. The molecule has 0 aromatic heterocycles. The quantitative estimate of drug-likeness (QED) is 0.190. The number of carbonyl (C=O) groups is 2. The average molecular weight is 530 g/mol. The van der Waals surface area contributed by atoms with E-state index in [1.807, 2.05) is 62.4 Å². The lowest BCUT2D eigenvalue weighted by Crippen LogP contribution is -2.29. The molecule has 3 aromatic carbocycles. The maximum absolute atomic E-state index is 13.5. The Balaban J connectivity index is 1.85. The summed E-state index contributed by atoms with van der Waals surface area (Å²) in [6, 6.07) is 19.4. The second-order valence-electron chi connectivity index (χ2n) is 9.62. The number of ketones is 1. The third-order valence-electron chi connectivity index (χ3n) is 6.79. The lowest BCUT2D eigenvalue weighted by molar-refractivity contribution is -0.140. The van der Waals surface area contributed by atoms with Crippen LogP contribution < -0.4 is 14.2 Å². The molecule has 1 atom stereocenters. The molecular weight excluding hydrogens is 494 g/mol. The van der Waals surface area contributed by atoms with Crippen molar-refractivity contribution in [3.8, 4) is 17.2 Å². The summed E-state index contributed by atoms with van der Waals surface area (Å²) < 4.78 is 16.6. The molecule has 1 unspecified atom stereocenters. The van der Waals surface area contributed by atoms with Gasteiger partial charge in [-0.3, -0.25) is 9.59 Å². The highest BCUT2D eigenvalue weighted by molar-refractivity contribution is 6.46. The van der Waals surface area contributed by atoms with Gasteiger partial charge in [-0.05, 0) is 60.7 Å². The number of benzene rings is 3. The Labute approximate surface area is 229 Å². The van der Waals surface area contributed by atoms with Gasteiger partial charge in [0.1, 0.15) is 23.0 Å². The van der Waals surface area contributed by atoms with Crippen LogP contribution in [0.5, 0.6) is 17.2 Å². The summed E-state index contributed by atoms with van der Waals surface area (Å²) in [5.41, 5.74) is 3.05. The summed E-state index contributed by atoms with van der Waals surface area (Å²) >= 11 is 0. The topological polar surface area (TPSA) is 85.3 Å². The molecule has 1 saturated heterocycles. The van der Waals surface area contributed by atoms with Gasteiger partial charge in [-0.2, -0.15) is 0 Å². The largest absolute Gasteiger partial charge is 0.507 e. The van der Waals surface area contributed by atoms with E-state index in [9.17, 15) is 14.7 Å². The first-order valence-corrected chi connectivity index (χ1v) is 13.2. The normalized spacial score (nSPS) is 16.6. The predicted molar refractivity (Wildman–Crippen MR) is 150 cm³/mol. The van der Waals surface area contributed by atoms with Crippen molar-refractivity contribution in [1.29, 1.82) is 0 Å². The SMILES string of the molecule is CCOc1ccc(/C(O)=C2/C(=O)C(=O)N(Cc3ccc(OC)cc3)C2c2ccc(C(C)C)cc2)c(OCC)c1. The minimum Gasteiger partial charge on any atom is -0.507 e. The molecular formula is C32H35NO6. The van der Waals surface area contributed by atoms with Crippen molar-refractivity contribution in [2.24, 2.45) is 0 Å². The van der Waals surface area contributed by atoms with E-state index in [2.05, 4.69) is 13.8 Å². The van der Waals surface area contributed by atoms with Crippen LogP contribution in [0, 0.1) is 0 Å². The van der Waals surface area contributed by atoms with E-state index in [-0.39, 0.29) is 17.9 Å². The number of methoxy groups -OCH3 is 1. The number of likely N-dealkylation sites (tertiary alicyclic amines) is 1. The monoisotopic (exact) mass is 529 g/mol. The number of amides is 1. The maximum atomic E-state index is 13.5. The highest BCUT2D eigenvalue weighted by Gasteiger charge is 2.46. The van der Waals surface area contributed by atoms with Crippen LogP contribution in [0.3, 0.4) is 0 Å². The summed E-state index contributed by atoms with van der Waals surface area (Å²) in [4.78, 5) is 28.5. The van der Waals surface area contributed by atoms with Crippen molar-refractivity contribution in [3.63, 3.8) is 0 Å². The van der Waals surface area contributed by atoms with Crippen LogP contribution in [0.25, 0.3) is 5.76 Å². The Kier molecular flexibility index (Phi) is 8.59. The summed E-state index contributed by atoms with van der Waals surface area (Å²) in [7, 11) is 1.59. The highest BCUT2D eigenvalue weighted by atomic mass is 16.5. The molecule has 7 heteroatoms. The Bertz CT molecular complexity index is 1360. The van der Waals surface area contributed by atoms with E-state index >= 15 is 0 Å². The molecule has 1 aliphatic rings. The van der Waals surface area contributed by atoms with Crippen molar-refractivity contribution in [2.45, 2.75) is 46.2 Å². The van der Waals surface area contributed by atoms with Crippen molar-refractivity contribution in [1.82, 2.24) is 4.90 Å². The van der Waals surface area contributed by atoms with Crippen LogP contribution in [-0.4, -0.2) is 42.0 Å². The number of aliphatic hydroxyl groups is 1. The number of nitrogens with zero attached hydrogens (tertiary/aromatic N) is 1. The first-order valence-electron chi connectivity index (χ1n) is 13.2. The fraction of sp³-hybridized carbons (Fsp3) is 0.312. The van der Waals surface area contributed by atoms with Crippen molar-refractivity contribution in [3.05, 3.63) is 94.6 Å². The Hall–Kier alpha value is -4.26. The minimum atomic E-state index is -0.783. The van der Waals surface area contributed by atoms with Gasteiger partial charge < -0.3 is 24.2 Å². The van der Waals surface area contributed by atoms with Gasteiger partial charge in [0.15, 0.2) is 0 Å². The van der Waals surface area contributed by atoms with Crippen LogP contribution in [-0.2, 0) is 16.1 Å². The van der Waals surface area contributed by atoms with Crippen molar-refractivity contribution < 1.29 is 28.9 Å². The predicted octanol–water partition coefficient (Wildman–Crippen LogP) is 6.24. The van der Waals surface area contributed by atoms with Gasteiger partial charge in [-0.1, -0.05) is 50.2 Å². The zero-order chi connectivity index (χ0) is 28.1. The lowest BCUT2D eigenvalue weighted by Gasteiger charge is -2.26. The van der Waals surface area contributed by atoms with Gasteiger partial charge in [0.2, 0.25) is 0 Å². The molecule has 1 heterocycles. The molecule has 0 aliphatic carbocycles. The number of carbonyl (C=O) groups excluding carboxylic acids is 2. The van der Waals surface area contributed by atoms with E-state index < -0.39 is 17.7 Å². The van der Waals surface area contributed by atoms with E-state index in [4.69, 9.17) is 14.2 Å². The Morgan fingerprint density at radius 2 is 1.54 bits per heavy atom.